The molecule has 0 aromatic carbocycles. The van der Waals surface area contributed by atoms with Crippen molar-refractivity contribution in [3.05, 3.63) is 0 Å². The molecule has 29 heavy (non-hydrogen) atoms. The second-order valence-electron chi connectivity index (χ2n) is 8.89. The fourth-order valence-corrected chi connectivity index (χ4v) is 3.91. The van der Waals surface area contributed by atoms with Crippen molar-refractivity contribution >= 4 is 5.97 Å². The predicted molar refractivity (Wildman–Crippen MR) is 125 cm³/mol. The number of carbonyl (C=O) groups excluding carboxylic acids is 1. The molecule has 0 aromatic rings. The molecule has 0 rings (SSSR count). The van der Waals surface area contributed by atoms with Crippen LogP contribution in [0.1, 0.15) is 143 Å². The number of aliphatic hydroxyl groups is 1. The molecule has 2 unspecified atom stereocenters. The summed E-state index contributed by atoms with van der Waals surface area (Å²) in [7, 11) is 0. The fraction of sp³-hybridized carbons (Fsp3) is 0.962. The first-order valence-corrected chi connectivity index (χ1v) is 13.0. The number of esters is 1. The lowest BCUT2D eigenvalue weighted by molar-refractivity contribution is -0.149. The molecule has 0 bridgehead atoms. The number of carbonyl (C=O) groups is 1. The van der Waals surface area contributed by atoms with E-state index in [0.29, 0.717) is 6.61 Å². The topological polar surface area (TPSA) is 46.5 Å². The maximum atomic E-state index is 12.2. The third kappa shape index (κ3) is 19.2. The van der Waals surface area contributed by atoms with Gasteiger partial charge in [-0.1, -0.05) is 111 Å². The number of rotatable bonds is 22. The largest absolute Gasteiger partial charge is 0.465 e. The zero-order chi connectivity index (χ0) is 21.6. The average Bonchev–Trinajstić information content (AvgIpc) is 2.72. The number of hydrogen-bond donors (Lipinski definition) is 1. The van der Waals surface area contributed by atoms with Crippen molar-refractivity contribution in [3.8, 4) is 0 Å². The molecule has 0 radical (unpaired) electrons. The lowest BCUT2D eigenvalue weighted by atomic mass is 9.97. The first-order chi connectivity index (χ1) is 14.2. The smallest absolute Gasteiger partial charge is 0.308 e. The van der Waals surface area contributed by atoms with Crippen LogP contribution in [-0.2, 0) is 9.53 Å². The monoisotopic (exact) mass is 412 g/mol. The Hall–Kier alpha value is -0.570. The van der Waals surface area contributed by atoms with Gasteiger partial charge in [-0.05, 0) is 32.1 Å². The van der Waals surface area contributed by atoms with E-state index >= 15 is 0 Å². The van der Waals surface area contributed by atoms with E-state index in [4.69, 9.17) is 4.74 Å². The van der Waals surface area contributed by atoms with Crippen molar-refractivity contribution in [2.24, 2.45) is 5.92 Å². The number of hydrogen-bond acceptors (Lipinski definition) is 3. The summed E-state index contributed by atoms with van der Waals surface area (Å²) in [4.78, 5) is 12.2. The maximum absolute atomic E-state index is 12.2. The number of unbranched alkanes of at least 4 members (excludes halogenated alkanes) is 12. The number of aliphatic hydroxyl groups excluding tert-OH is 1. The van der Waals surface area contributed by atoms with Gasteiger partial charge in [0.05, 0.1) is 18.6 Å². The van der Waals surface area contributed by atoms with Crippen molar-refractivity contribution in [1.29, 1.82) is 0 Å². The third-order valence-corrected chi connectivity index (χ3v) is 6.05. The summed E-state index contributed by atoms with van der Waals surface area (Å²) in [5.74, 6) is 0.122. The minimum atomic E-state index is -0.0794. The van der Waals surface area contributed by atoms with Crippen molar-refractivity contribution in [3.63, 3.8) is 0 Å². The molecule has 3 nitrogen and oxygen atoms in total. The Kier molecular flexibility index (Phi) is 21.7. The minimum absolute atomic E-state index is 0.0252. The molecular weight excluding hydrogens is 360 g/mol. The summed E-state index contributed by atoms with van der Waals surface area (Å²) < 4.78 is 5.46. The quantitative estimate of drug-likeness (QED) is 0.145. The highest BCUT2D eigenvalue weighted by atomic mass is 16.5. The average molecular weight is 413 g/mol. The Morgan fingerprint density at radius 1 is 0.655 bits per heavy atom. The zero-order valence-electron chi connectivity index (χ0n) is 20.1. The first kappa shape index (κ1) is 28.4. The number of ether oxygens (including phenoxy) is 1. The van der Waals surface area contributed by atoms with E-state index in [9.17, 15) is 9.90 Å². The van der Waals surface area contributed by atoms with E-state index in [1.54, 1.807) is 0 Å². The van der Waals surface area contributed by atoms with Crippen molar-refractivity contribution in [1.82, 2.24) is 0 Å². The van der Waals surface area contributed by atoms with Gasteiger partial charge in [0, 0.05) is 0 Å². The maximum Gasteiger partial charge on any atom is 0.308 e. The Bertz CT molecular complexity index is 343. The Morgan fingerprint density at radius 2 is 1.10 bits per heavy atom. The summed E-state index contributed by atoms with van der Waals surface area (Å²) in [5, 5.41) is 10.00. The van der Waals surface area contributed by atoms with Crippen LogP contribution in [0.3, 0.4) is 0 Å². The molecule has 174 valence electrons. The van der Waals surface area contributed by atoms with Crippen LogP contribution in [0, 0.1) is 5.92 Å². The Morgan fingerprint density at radius 3 is 1.62 bits per heavy atom. The van der Waals surface area contributed by atoms with Gasteiger partial charge in [0.15, 0.2) is 0 Å². The third-order valence-electron chi connectivity index (χ3n) is 6.05. The van der Waals surface area contributed by atoms with Crippen LogP contribution in [0.5, 0.6) is 0 Å². The molecule has 3 heteroatoms. The van der Waals surface area contributed by atoms with E-state index in [-0.39, 0.29) is 18.0 Å². The molecule has 0 saturated heterocycles. The summed E-state index contributed by atoms with van der Waals surface area (Å²) >= 11 is 0. The lowest BCUT2D eigenvalue weighted by Gasteiger charge is -2.14. The predicted octanol–water partition coefficient (Wildman–Crippen LogP) is 7.98. The van der Waals surface area contributed by atoms with Gasteiger partial charge in [-0.3, -0.25) is 4.79 Å². The summed E-state index contributed by atoms with van der Waals surface area (Å²) in [6.45, 7) is 7.12. The van der Waals surface area contributed by atoms with E-state index in [1.807, 2.05) is 0 Å². The van der Waals surface area contributed by atoms with Crippen LogP contribution < -0.4 is 0 Å². The van der Waals surface area contributed by atoms with Gasteiger partial charge in [-0.25, -0.2) is 0 Å². The highest BCUT2D eigenvalue weighted by Crippen LogP contribution is 2.18. The van der Waals surface area contributed by atoms with E-state index in [2.05, 4.69) is 20.8 Å². The molecule has 0 spiro atoms. The van der Waals surface area contributed by atoms with Crippen molar-refractivity contribution < 1.29 is 14.6 Å². The fourth-order valence-electron chi connectivity index (χ4n) is 3.91. The van der Waals surface area contributed by atoms with E-state index < -0.39 is 0 Å². The van der Waals surface area contributed by atoms with Gasteiger partial charge in [0.1, 0.15) is 0 Å². The van der Waals surface area contributed by atoms with Crippen LogP contribution in [0.4, 0.5) is 0 Å². The molecule has 0 heterocycles. The molecule has 0 aromatic heterocycles. The molecule has 1 N–H and O–H groups in total. The van der Waals surface area contributed by atoms with Gasteiger partial charge in [-0.15, -0.1) is 0 Å². The summed E-state index contributed by atoms with van der Waals surface area (Å²) in [6, 6.07) is 0. The lowest BCUT2D eigenvalue weighted by Crippen LogP contribution is -2.17. The zero-order valence-corrected chi connectivity index (χ0v) is 20.1. The van der Waals surface area contributed by atoms with Gasteiger partial charge >= 0.3 is 5.97 Å². The molecule has 0 aliphatic rings. The van der Waals surface area contributed by atoms with Crippen molar-refractivity contribution in [2.45, 2.75) is 149 Å². The Balaban J connectivity index is 3.49. The highest BCUT2D eigenvalue weighted by Gasteiger charge is 2.17. The SMILES string of the molecule is CCCCCCOC(=O)C(CC)CCCCCCCCCC(O)CCCCCC. The van der Waals surface area contributed by atoms with Gasteiger partial charge < -0.3 is 9.84 Å². The normalized spacial score (nSPS) is 13.4. The van der Waals surface area contributed by atoms with Crippen LogP contribution >= 0.6 is 0 Å². The molecule has 2 atom stereocenters. The molecule has 0 fully saturated rings. The Labute approximate surface area is 182 Å². The van der Waals surface area contributed by atoms with Crippen LogP contribution in [0.25, 0.3) is 0 Å². The molecule has 0 amide bonds. The van der Waals surface area contributed by atoms with Gasteiger partial charge in [0.2, 0.25) is 0 Å². The van der Waals surface area contributed by atoms with Crippen LogP contribution in [-0.4, -0.2) is 23.8 Å². The first-order valence-electron chi connectivity index (χ1n) is 13.0. The van der Waals surface area contributed by atoms with Crippen LogP contribution in [0.2, 0.25) is 0 Å². The van der Waals surface area contributed by atoms with Gasteiger partial charge in [0.25, 0.3) is 0 Å². The second-order valence-corrected chi connectivity index (χ2v) is 8.89. The summed E-state index contributed by atoms with van der Waals surface area (Å²) in [6.07, 6.45) is 22.0. The highest BCUT2D eigenvalue weighted by molar-refractivity contribution is 5.72. The standard InChI is InChI=1S/C26H52O3/c1-4-7-9-17-21-25(27)22-18-15-13-11-12-14-16-20-24(6-3)26(28)29-23-19-10-8-5-2/h24-25,27H,4-23H2,1-3H3. The van der Waals surface area contributed by atoms with Crippen LogP contribution in [0.15, 0.2) is 0 Å². The molecule has 0 aliphatic heterocycles. The van der Waals surface area contributed by atoms with Crippen molar-refractivity contribution in [2.75, 3.05) is 6.61 Å². The van der Waals surface area contributed by atoms with E-state index in [1.165, 1.54) is 77.0 Å². The summed E-state index contributed by atoms with van der Waals surface area (Å²) in [5.41, 5.74) is 0. The second kappa shape index (κ2) is 22.1. The molecule has 0 saturated carbocycles. The van der Waals surface area contributed by atoms with E-state index in [0.717, 1.165) is 44.9 Å². The molecular formula is C26H52O3. The van der Waals surface area contributed by atoms with Gasteiger partial charge in [-0.2, -0.15) is 0 Å². The molecule has 0 aliphatic carbocycles. The minimum Gasteiger partial charge on any atom is -0.465 e.